The molecule has 28 heavy (non-hydrogen) atoms. The average Bonchev–Trinajstić information content (AvgIpc) is 3.30. The Morgan fingerprint density at radius 1 is 1.14 bits per heavy atom. The standard InChI is InChI=1S/C21H22N2O4S/c1-27-19-8-4-5-9-20(19)28(25,26)23-15-10-11-18-16(13-15)17(21(24)22-18)12-14-6-2-3-7-14/h4-5,8-14,23H,2-3,6-7H2,1H3,(H,22,24)/b17-12-. The zero-order chi connectivity index (χ0) is 19.7. The van der Waals surface area contributed by atoms with E-state index in [0.717, 1.165) is 18.4 Å². The van der Waals surface area contributed by atoms with Gasteiger partial charge in [0.05, 0.1) is 7.11 Å². The molecule has 0 atom stereocenters. The highest BCUT2D eigenvalue weighted by molar-refractivity contribution is 7.92. The van der Waals surface area contributed by atoms with E-state index < -0.39 is 10.0 Å². The molecule has 0 saturated heterocycles. The van der Waals surface area contributed by atoms with E-state index in [1.165, 1.54) is 26.0 Å². The number of carbonyl (C=O) groups is 1. The van der Waals surface area contributed by atoms with E-state index in [0.29, 0.717) is 22.9 Å². The Morgan fingerprint density at radius 2 is 1.89 bits per heavy atom. The predicted molar refractivity (Wildman–Crippen MR) is 109 cm³/mol. The SMILES string of the molecule is COc1ccccc1S(=O)(=O)Nc1ccc2c(c1)/C(=C/C1CCCC1)C(=O)N2. The lowest BCUT2D eigenvalue weighted by atomic mass is 9.99. The zero-order valence-corrected chi connectivity index (χ0v) is 16.4. The van der Waals surface area contributed by atoms with Crippen LogP contribution in [0, 0.1) is 5.92 Å². The van der Waals surface area contributed by atoms with Crippen LogP contribution in [0.4, 0.5) is 11.4 Å². The van der Waals surface area contributed by atoms with Crippen molar-refractivity contribution in [2.45, 2.75) is 30.6 Å². The monoisotopic (exact) mass is 398 g/mol. The van der Waals surface area contributed by atoms with Crippen molar-refractivity contribution < 1.29 is 17.9 Å². The van der Waals surface area contributed by atoms with Crippen LogP contribution in [0.15, 0.2) is 53.4 Å². The number of carbonyl (C=O) groups excluding carboxylic acids is 1. The van der Waals surface area contributed by atoms with Crippen molar-refractivity contribution in [1.82, 2.24) is 0 Å². The van der Waals surface area contributed by atoms with Gasteiger partial charge in [-0.25, -0.2) is 8.42 Å². The van der Waals surface area contributed by atoms with E-state index in [1.54, 1.807) is 36.4 Å². The van der Waals surface area contributed by atoms with Crippen molar-refractivity contribution in [3.05, 3.63) is 54.1 Å². The number of ether oxygens (including phenoxy) is 1. The van der Waals surface area contributed by atoms with Crippen LogP contribution >= 0.6 is 0 Å². The van der Waals surface area contributed by atoms with Gasteiger partial charge in [0.15, 0.2) is 0 Å². The number of hydrogen-bond acceptors (Lipinski definition) is 4. The van der Waals surface area contributed by atoms with Crippen molar-refractivity contribution in [2.24, 2.45) is 5.92 Å². The average molecular weight is 398 g/mol. The Kier molecular flexibility index (Phi) is 4.85. The van der Waals surface area contributed by atoms with Crippen LogP contribution in [0.1, 0.15) is 31.2 Å². The minimum absolute atomic E-state index is 0.0638. The second-order valence-electron chi connectivity index (χ2n) is 7.10. The predicted octanol–water partition coefficient (Wildman–Crippen LogP) is 4.02. The van der Waals surface area contributed by atoms with Crippen molar-refractivity contribution >= 4 is 32.9 Å². The van der Waals surface area contributed by atoms with Gasteiger partial charge in [0, 0.05) is 22.5 Å². The van der Waals surface area contributed by atoms with Crippen LogP contribution in [0.3, 0.4) is 0 Å². The summed E-state index contributed by atoms with van der Waals surface area (Å²) >= 11 is 0. The van der Waals surface area contributed by atoms with Crippen molar-refractivity contribution in [2.75, 3.05) is 17.1 Å². The number of amides is 1. The minimum Gasteiger partial charge on any atom is -0.495 e. The third kappa shape index (κ3) is 3.49. The molecule has 2 N–H and O–H groups in total. The van der Waals surface area contributed by atoms with Gasteiger partial charge in [0.2, 0.25) is 0 Å². The summed E-state index contributed by atoms with van der Waals surface area (Å²) in [6, 6.07) is 11.5. The van der Waals surface area contributed by atoms with Gasteiger partial charge < -0.3 is 10.1 Å². The van der Waals surface area contributed by atoms with Crippen LogP contribution in [-0.2, 0) is 14.8 Å². The molecule has 7 heteroatoms. The van der Waals surface area contributed by atoms with Crippen LogP contribution in [0.2, 0.25) is 0 Å². The summed E-state index contributed by atoms with van der Waals surface area (Å²) in [5, 5.41) is 2.86. The number of benzene rings is 2. The Bertz CT molecular complexity index is 1050. The maximum atomic E-state index is 12.8. The van der Waals surface area contributed by atoms with Gasteiger partial charge in [0.25, 0.3) is 15.9 Å². The molecule has 6 nitrogen and oxygen atoms in total. The molecule has 1 fully saturated rings. The highest BCUT2D eigenvalue weighted by Crippen LogP contribution is 2.37. The maximum Gasteiger partial charge on any atom is 0.265 e. The molecule has 0 spiro atoms. The first-order valence-electron chi connectivity index (χ1n) is 9.31. The summed E-state index contributed by atoms with van der Waals surface area (Å²) in [4.78, 5) is 12.4. The molecule has 2 aromatic rings. The van der Waals surface area contributed by atoms with E-state index >= 15 is 0 Å². The fourth-order valence-electron chi connectivity index (χ4n) is 3.83. The quantitative estimate of drug-likeness (QED) is 0.745. The minimum atomic E-state index is -3.83. The fraction of sp³-hybridized carbons (Fsp3) is 0.286. The van der Waals surface area contributed by atoms with Gasteiger partial charge in [-0.3, -0.25) is 9.52 Å². The second-order valence-corrected chi connectivity index (χ2v) is 8.75. The molecule has 1 saturated carbocycles. The highest BCUT2D eigenvalue weighted by atomic mass is 32.2. The molecule has 2 aliphatic rings. The first-order chi connectivity index (χ1) is 13.5. The normalized spacial score (nSPS) is 18.2. The first-order valence-corrected chi connectivity index (χ1v) is 10.8. The van der Waals surface area contributed by atoms with E-state index in [-0.39, 0.29) is 16.6 Å². The van der Waals surface area contributed by atoms with Crippen LogP contribution in [-0.4, -0.2) is 21.4 Å². The lowest BCUT2D eigenvalue weighted by Crippen LogP contribution is -2.14. The Labute approximate surface area is 164 Å². The summed E-state index contributed by atoms with van der Waals surface area (Å²) in [6.45, 7) is 0. The zero-order valence-electron chi connectivity index (χ0n) is 15.6. The topological polar surface area (TPSA) is 84.5 Å². The van der Waals surface area contributed by atoms with Crippen molar-refractivity contribution in [3.8, 4) is 5.75 Å². The van der Waals surface area contributed by atoms with Crippen LogP contribution < -0.4 is 14.8 Å². The van der Waals surface area contributed by atoms with Crippen molar-refractivity contribution in [1.29, 1.82) is 0 Å². The lowest BCUT2D eigenvalue weighted by molar-refractivity contribution is -0.110. The molecule has 1 aliphatic heterocycles. The van der Waals surface area contributed by atoms with Gasteiger partial charge in [-0.2, -0.15) is 0 Å². The van der Waals surface area contributed by atoms with Gasteiger partial charge in [-0.15, -0.1) is 0 Å². The van der Waals surface area contributed by atoms with E-state index in [9.17, 15) is 13.2 Å². The number of fused-ring (bicyclic) bond motifs is 1. The third-order valence-corrected chi connectivity index (χ3v) is 6.64. The molecule has 1 amide bonds. The molecule has 0 aromatic heterocycles. The number of sulfonamides is 1. The highest BCUT2D eigenvalue weighted by Gasteiger charge is 2.27. The summed E-state index contributed by atoms with van der Waals surface area (Å²) in [7, 11) is -2.40. The number of nitrogens with one attached hydrogen (secondary N) is 2. The molecule has 1 aliphatic carbocycles. The summed E-state index contributed by atoms with van der Waals surface area (Å²) in [5.41, 5.74) is 2.46. The maximum absolute atomic E-state index is 12.8. The second kappa shape index (κ2) is 7.31. The molecule has 1 heterocycles. The molecular formula is C21H22N2O4S. The largest absolute Gasteiger partial charge is 0.495 e. The molecule has 2 aromatic carbocycles. The van der Waals surface area contributed by atoms with Crippen molar-refractivity contribution in [3.63, 3.8) is 0 Å². The van der Waals surface area contributed by atoms with Crippen LogP contribution in [0.25, 0.3) is 5.57 Å². The molecule has 4 rings (SSSR count). The number of para-hydroxylation sites is 1. The number of anilines is 2. The number of allylic oxidation sites excluding steroid dienone is 1. The van der Waals surface area contributed by atoms with Gasteiger partial charge in [0.1, 0.15) is 10.6 Å². The Morgan fingerprint density at radius 3 is 2.64 bits per heavy atom. The Hall–Kier alpha value is -2.80. The van der Waals surface area contributed by atoms with Gasteiger partial charge in [-0.1, -0.05) is 31.1 Å². The lowest BCUT2D eigenvalue weighted by Gasteiger charge is -2.12. The van der Waals surface area contributed by atoms with E-state index in [1.807, 2.05) is 6.08 Å². The molecular weight excluding hydrogens is 376 g/mol. The van der Waals surface area contributed by atoms with Gasteiger partial charge >= 0.3 is 0 Å². The number of methoxy groups -OCH3 is 1. The summed E-state index contributed by atoms with van der Waals surface area (Å²) < 4.78 is 33.4. The number of rotatable bonds is 5. The smallest absolute Gasteiger partial charge is 0.265 e. The summed E-state index contributed by atoms with van der Waals surface area (Å²) in [5.74, 6) is 0.544. The first kappa shape index (κ1) is 18.6. The number of hydrogen-bond donors (Lipinski definition) is 2. The molecule has 0 unspecified atom stereocenters. The molecule has 0 bridgehead atoms. The van der Waals surface area contributed by atoms with E-state index in [2.05, 4.69) is 10.0 Å². The van der Waals surface area contributed by atoms with E-state index in [4.69, 9.17) is 4.74 Å². The summed E-state index contributed by atoms with van der Waals surface area (Å²) in [6.07, 6.45) is 6.58. The third-order valence-electron chi connectivity index (χ3n) is 5.22. The Balaban J connectivity index is 1.66. The molecule has 146 valence electrons. The van der Waals surface area contributed by atoms with Crippen LogP contribution in [0.5, 0.6) is 5.75 Å². The fourth-order valence-corrected chi connectivity index (χ4v) is 5.05. The molecule has 0 radical (unpaired) electrons. The van der Waals surface area contributed by atoms with Gasteiger partial charge in [-0.05, 0) is 49.1 Å².